The van der Waals surface area contributed by atoms with Crippen molar-refractivity contribution in [3.05, 3.63) is 39.4 Å². The lowest BCUT2D eigenvalue weighted by molar-refractivity contribution is -0.385. The summed E-state index contributed by atoms with van der Waals surface area (Å²) in [5, 5.41) is 17.0. The summed E-state index contributed by atoms with van der Waals surface area (Å²) in [6.45, 7) is 2.92. The van der Waals surface area contributed by atoms with Crippen LogP contribution >= 0.6 is 0 Å². The number of nitro groups is 1. The second-order valence-electron chi connectivity index (χ2n) is 4.80. The first-order valence-corrected chi connectivity index (χ1v) is 6.30. The zero-order valence-electron chi connectivity index (χ0n) is 10.8. The summed E-state index contributed by atoms with van der Waals surface area (Å²) in [6, 6.07) is 5.48. The summed E-state index contributed by atoms with van der Waals surface area (Å²) in [4.78, 5) is 21.5. The van der Waals surface area contributed by atoms with E-state index in [1.54, 1.807) is 19.1 Å². The van der Waals surface area contributed by atoms with E-state index in [0.29, 0.717) is 25.1 Å². The zero-order valence-corrected chi connectivity index (χ0v) is 10.8. The number of nitrogens with zero attached hydrogens (tertiary/aromatic N) is 1. The Morgan fingerprint density at radius 1 is 1.53 bits per heavy atom. The fourth-order valence-electron chi connectivity index (χ4n) is 2.13. The molecule has 1 saturated heterocycles. The first kappa shape index (κ1) is 13.5. The Balaban J connectivity index is 1.94. The second-order valence-corrected chi connectivity index (χ2v) is 4.80. The van der Waals surface area contributed by atoms with Crippen LogP contribution in [0, 0.1) is 17.0 Å². The highest BCUT2D eigenvalue weighted by Crippen LogP contribution is 2.19. The number of aryl methyl sites for hydroxylation is 1. The molecular weight excluding hydrogens is 246 g/mol. The van der Waals surface area contributed by atoms with E-state index in [2.05, 4.69) is 10.6 Å². The van der Waals surface area contributed by atoms with Crippen LogP contribution in [0.5, 0.6) is 0 Å². The standard InChI is InChI=1S/C13H17N3O3/c1-9-2-3-10(6-12(9)16(18)19)7-14-11-4-5-13(17)15-8-11/h2-3,6,11,14H,4-5,7-8H2,1H3,(H,15,17). The molecule has 6 heteroatoms. The van der Waals surface area contributed by atoms with Crippen molar-refractivity contribution < 1.29 is 9.72 Å². The lowest BCUT2D eigenvalue weighted by atomic mass is 10.1. The molecule has 0 bridgehead atoms. The highest BCUT2D eigenvalue weighted by molar-refractivity contribution is 5.76. The van der Waals surface area contributed by atoms with Crippen LogP contribution in [0.4, 0.5) is 5.69 Å². The Hall–Kier alpha value is -1.95. The third kappa shape index (κ3) is 3.51. The maximum Gasteiger partial charge on any atom is 0.272 e. The van der Waals surface area contributed by atoms with Gasteiger partial charge in [-0.1, -0.05) is 12.1 Å². The highest BCUT2D eigenvalue weighted by atomic mass is 16.6. The van der Waals surface area contributed by atoms with E-state index in [4.69, 9.17) is 0 Å². The number of nitrogens with one attached hydrogen (secondary N) is 2. The Morgan fingerprint density at radius 3 is 2.95 bits per heavy atom. The summed E-state index contributed by atoms with van der Waals surface area (Å²) in [5.74, 6) is 0.0871. The second kappa shape index (κ2) is 5.79. The number of hydrogen-bond donors (Lipinski definition) is 2. The molecule has 1 heterocycles. The van der Waals surface area contributed by atoms with Gasteiger partial charge >= 0.3 is 0 Å². The van der Waals surface area contributed by atoms with Crippen LogP contribution in [0.2, 0.25) is 0 Å². The van der Waals surface area contributed by atoms with Crippen LogP contribution < -0.4 is 10.6 Å². The van der Waals surface area contributed by atoms with E-state index in [1.807, 2.05) is 6.07 Å². The SMILES string of the molecule is Cc1ccc(CNC2CCC(=O)NC2)cc1[N+](=O)[O-]. The van der Waals surface area contributed by atoms with Crippen molar-refractivity contribution in [2.45, 2.75) is 32.4 Å². The normalized spacial score (nSPS) is 19.0. The van der Waals surface area contributed by atoms with Crippen LogP contribution in [0.3, 0.4) is 0 Å². The summed E-state index contributed by atoms with van der Waals surface area (Å²) in [6.07, 6.45) is 1.34. The summed E-state index contributed by atoms with van der Waals surface area (Å²) in [7, 11) is 0. The quantitative estimate of drug-likeness (QED) is 0.633. The molecule has 1 amide bonds. The predicted molar refractivity (Wildman–Crippen MR) is 70.7 cm³/mol. The van der Waals surface area contributed by atoms with E-state index < -0.39 is 0 Å². The fraction of sp³-hybridized carbons (Fsp3) is 0.462. The van der Waals surface area contributed by atoms with Gasteiger partial charge in [-0.2, -0.15) is 0 Å². The van der Waals surface area contributed by atoms with E-state index in [9.17, 15) is 14.9 Å². The van der Waals surface area contributed by atoms with Crippen molar-refractivity contribution >= 4 is 11.6 Å². The Kier molecular flexibility index (Phi) is 4.11. The molecule has 102 valence electrons. The molecular formula is C13H17N3O3. The third-order valence-corrected chi connectivity index (χ3v) is 3.33. The van der Waals surface area contributed by atoms with Gasteiger partial charge in [0.05, 0.1) is 4.92 Å². The molecule has 1 aliphatic rings. The largest absolute Gasteiger partial charge is 0.355 e. The van der Waals surface area contributed by atoms with Crippen molar-refractivity contribution in [3.63, 3.8) is 0 Å². The average Bonchev–Trinajstić information content (AvgIpc) is 2.39. The molecule has 1 unspecified atom stereocenters. The van der Waals surface area contributed by atoms with Crippen molar-refractivity contribution in [2.75, 3.05) is 6.54 Å². The molecule has 1 aromatic rings. The Morgan fingerprint density at radius 2 is 2.32 bits per heavy atom. The first-order valence-electron chi connectivity index (χ1n) is 6.30. The van der Waals surface area contributed by atoms with Gasteiger partial charge < -0.3 is 10.6 Å². The van der Waals surface area contributed by atoms with Gasteiger partial charge in [0.2, 0.25) is 5.91 Å². The minimum Gasteiger partial charge on any atom is -0.355 e. The van der Waals surface area contributed by atoms with E-state index in [0.717, 1.165) is 12.0 Å². The summed E-state index contributed by atoms with van der Waals surface area (Å²) < 4.78 is 0. The molecule has 1 aromatic carbocycles. The van der Waals surface area contributed by atoms with Crippen LogP contribution in [-0.2, 0) is 11.3 Å². The molecule has 1 aliphatic heterocycles. The third-order valence-electron chi connectivity index (χ3n) is 3.33. The monoisotopic (exact) mass is 263 g/mol. The molecule has 2 rings (SSSR count). The van der Waals surface area contributed by atoms with Gasteiger partial charge in [-0.05, 0) is 18.9 Å². The maximum absolute atomic E-state index is 11.0. The number of hydrogen-bond acceptors (Lipinski definition) is 4. The van der Waals surface area contributed by atoms with Crippen molar-refractivity contribution in [2.24, 2.45) is 0 Å². The molecule has 0 aromatic heterocycles. The number of nitro benzene ring substituents is 1. The topological polar surface area (TPSA) is 84.3 Å². The Bertz CT molecular complexity index is 492. The van der Waals surface area contributed by atoms with Crippen molar-refractivity contribution in [1.29, 1.82) is 0 Å². The van der Waals surface area contributed by atoms with Gasteiger partial charge in [-0.15, -0.1) is 0 Å². The van der Waals surface area contributed by atoms with Crippen LogP contribution in [0.1, 0.15) is 24.0 Å². The smallest absolute Gasteiger partial charge is 0.272 e. The van der Waals surface area contributed by atoms with Crippen LogP contribution in [0.25, 0.3) is 0 Å². The molecule has 6 nitrogen and oxygen atoms in total. The number of rotatable bonds is 4. The molecule has 1 atom stereocenters. The number of amides is 1. The zero-order chi connectivity index (χ0) is 13.8. The van der Waals surface area contributed by atoms with Gasteiger partial charge in [-0.25, -0.2) is 0 Å². The average molecular weight is 263 g/mol. The summed E-state index contributed by atoms with van der Waals surface area (Å²) >= 11 is 0. The molecule has 0 aliphatic carbocycles. The highest BCUT2D eigenvalue weighted by Gasteiger charge is 2.17. The van der Waals surface area contributed by atoms with Gasteiger partial charge in [-0.3, -0.25) is 14.9 Å². The van der Waals surface area contributed by atoms with Crippen LogP contribution in [0.15, 0.2) is 18.2 Å². The number of carbonyl (C=O) groups is 1. The molecule has 2 N–H and O–H groups in total. The van der Waals surface area contributed by atoms with Crippen LogP contribution in [-0.4, -0.2) is 23.4 Å². The molecule has 0 radical (unpaired) electrons. The van der Waals surface area contributed by atoms with Gasteiger partial charge in [0.15, 0.2) is 0 Å². The lowest BCUT2D eigenvalue weighted by Gasteiger charge is -2.23. The van der Waals surface area contributed by atoms with Crippen molar-refractivity contribution in [1.82, 2.24) is 10.6 Å². The molecule has 0 saturated carbocycles. The first-order chi connectivity index (χ1) is 9.06. The molecule has 19 heavy (non-hydrogen) atoms. The van der Waals surface area contributed by atoms with Gasteiger partial charge in [0.1, 0.15) is 0 Å². The van der Waals surface area contributed by atoms with Gasteiger partial charge in [0.25, 0.3) is 5.69 Å². The number of carbonyl (C=O) groups excluding carboxylic acids is 1. The van der Waals surface area contributed by atoms with E-state index >= 15 is 0 Å². The maximum atomic E-state index is 11.0. The van der Waals surface area contributed by atoms with Crippen molar-refractivity contribution in [3.8, 4) is 0 Å². The minimum absolute atomic E-state index is 0.0871. The predicted octanol–water partition coefficient (Wildman–Crippen LogP) is 1.27. The van der Waals surface area contributed by atoms with E-state index in [1.165, 1.54) is 0 Å². The van der Waals surface area contributed by atoms with Gasteiger partial charge in [0, 0.05) is 37.2 Å². The van der Waals surface area contributed by atoms with E-state index in [-0.39, 0.29) is 22.6 Å². The fourth-order valence-corrected chi connectivity index (χ4v) is 2.13. The lowest BCUT2D eigenvalue weighted by Crippen LogP contribution is -2.45. The number of benzene rings is 1. The summed E-state index contributed by atoms with van der Waals surface area (Å²) in [5.41, 5.74) is 1.70. The Labute approximate surface area is 111 Å². The minimum atomic E-state index is -0.361. The molecule has 1 fully saturated rings. The number of piperidine rings is 1. The molecule has 0 spiro atoms.